The van der Waals surface area contributed by atoms with Crippen molar-refractivity contribution >= 4 is 17.2 Å². The van der Waals surface area contributed by atoms with Crippen LogP contribution in [0, 0.1) is 0 Å². The van der Waals surface area contributed by atoms with Gasteiger partial charge in [-0.05, 0) is 0 Å². The van der Waals surface area contributed by atoms with Crippen LogP contribution in [-0.4, -0.2) is 46.2 Å². The molecule has 5 heteroatoms. The Balaban J connectivity index is 1.88. The first-order valence-corrected chi connectivity index (χ1v) is 5.10. The van der Waals surface area contributed by atoms with E-state index in [1.165, 1.54) is 0 Å². The van der Waals surface area contributed by atoms with E-state index in [0.717, 1.165) is 43.4 Å². The van der Waals surface area contributed by atoms with Crippen molar-refractivity contribution in [3.05, 3.63) is 18.2 Å². The number of hydrogen-bond acceptors (Lipinski definition) is 3. The lowest BCUT2D eigenvalue weighted by atomic mass is 10.3. The lowest BCUT2D eigenvalue weighted by Crippen LogP contribution is -2.40. The number of thiocarbonyl (C=S) groups is 1. The van der Waals surface area contributed by atoms with Gasteiger partial charge >= 0.3 is 0 Å². The molecule has 0 aromatic carbocycles. The summed E-state index contributed by atoms with van der Waals surface area (Å²) in [5.74, 6) is 0. The first kappa shape index (κ1) is 9.61. The maximum atomic E-state index is 5.34. The van der Waals surface area contributed by atoms with Crippen LogP contribution in [0.3, 0.4) is 0 Å². The molecule has 2 heterocycles. The Morgan fingerprint density at radius 3 is 3.00 bits per heavy atom. The van der Waals surface area contributed by atoms with Gasteiger partial charge in [-0.2, -0.15) is 0 Å². The van der Waals surface area contributed by atoms with E-state index in [1.54, 1.807) is 6.33 Å². The summed E-state index contributed by atoms with van der Waals surface area (Å²) in [6.07, 6.45) is 4.26. The van der Waals surface area contributed by atoms with Crippen molar-refractivity contribution in [1.29, 1.82) is 0 Å². The largest absolute Gasteiger partial charge is 0.378 e. The lowest BCUT2D eigenvalue weighted by molar-refractivity contribution is 0.0684. The molecule has 1 aliphatic heterocycles. The minimum Gasteiger partial charge on any atom is -0.378 e. The molecule has 0 radical (unpaired) electrons. The van der Waals surface area contributed by atoms with Gasteiger partial charge < -0.3 is 14.6 Å². The topological polar surface area (TPSA) is 41.2 Å². The molecule has 76 valence electrons. The van der Waals surface area contributed by atoms with Gasteiger partial charge in [0.1, 0.15) is 0 Å². The molecule has 0 amide bonds. The third-order valence-corrected chi connectivity index (χ3v) is 2.66. The number of rotatable bonds is 2. The summed E-state index contributed by atoms with van der Waals surface area (Å²) in [6, 6.07) is 0. The highest BCUT2D eigenvalue weighted by Crippen LogP contribution is 2.03. The molecular weight excluding hydrogens is 198 g/mol. The highest BCUT2D eigenvalue weighted by Gasteiger charge is 2.13. The molecule has 0 spiro atoms. The zero-order chi connectivity index (χ0) is 9.80. The van der Waals surface area contributed by atoms with E-state index in [4.69, 9.17) is 17.0 Å². The number of morpholine rings is 1. The standard InChI is InChI=1S/C9H13N3OS/c14-9(5-8-6-10-7-11-8)12-1-3-13-4-2-12/h6-7H,1-5H2,(H,10,11). The van der Waals surface area contributed by atoms with Gasteiger partial charge in [-0.15, -0.1) is 0 Å². The monoisotopic (exact) mass is 211 g/mol. The molecule has 1 aromatic heterocycles. The number of imidazole rings is 1. The molecule has 1 aromatic rings. The molecule has 0 unspecified atom stereocenters. The Morgan fingerprint density at radius 1 is 1.57 bits per heavy atom. The van der Waals surface area contributed by atoms with Gasteiger partial charge in [0, 0.05) is 31.4 Å². The number of nitrogens with zero attached hydrogens (tertiary/aromatic N) is 2. The van der Waals surface area contributed by atoms with E-state index in [9.17, 15) is 0 Å². The third-order valence-electron chi connectivity index (χ3n) is 2.26. The highest BCUT2D eigenvalue weighted by atomic mass is 32.1. The lowest BCUT2D eigenvalue weighted by Gasteiger charge is -2.28. The Hall–Kier alpha value is -0.940. The number of hydrogen-bond donors (Lipinski definition) is 1. The summed E-state index contributed by atoms with van der Waals surface area (Å²) in [5.41, 5.74) is 1.07. The van der Waals surface area contributed by atoms with Gasteiger partial charge in [-0.3, -0.25) is 0 Å². The maximum absolute atomic E-state index is 5.34. The van der Waals surface area contributed by atoms with E-state index in [-0.39, 0.29) is 0 Å². The molecule has 14 heavy (non-hydrogen) atoms. The second-order valence-corrected chi connectivity index (χ2v) is 3.72. The third kappa shape index (κ3) is 2.30. The quantitative estimate of drug-likeness (QED) is 0.728. The number of ether oxygens (including phenoxy) is 1. The summed E-state index contributed by atoms with van der Waals surface area (Å²) in [7, 11) is 0. The van der Waals surface area contributed by atoms with Crippen LogP contribution in [0.2, 0.25) is 0 Å². The summed E-state index contributed by atoms with van der Waals surface area (Å²) >= 11 is 5.34. The fourth-order valence-electron chi connectivity index (χ4n) is 1.47. The Morgan fingerprint density at radius 2 is 2.36 bits per heavy atom. The minimum atomic E-state index is 0.773. The van der Waals surface area contributed by atoms with Gasteiger partial charge in [0.05, 0.1) is 24.5 Å². The molecule has 0 bridgehead atoms. The first-order valence-electron chi connectivity index (χ1n) is 4.69. The van der Waals surface area contributed by atoms with Crippen molar-refractivity contribution in [3.8, 4) is 0 Å². The molecule has 1 fully saturated rings. The molecule has 1 saturated heterocycles. The van der Waals surface area contributed by atoms with Crippen LogP contribution in [0.5, 0.6) is 0 Å². The van der Waals surface area contributed by atoms with Gasteiger partial charge in [0.2, 0.25) is 0 Å². The highest BCUT2D eigenvalue weighted by molar-refractivity contribution is 7.80. The minimum absolute atomic E-state index is 0.773. The van der Waals surface area contributed by atoms with Gasteiger partial charge in [-0.1, -0.05) is 12.2 Å². The van der Waals surface area contributed by atoms with Crippen molar-refractivity contribution in [3.63, 3.8) is 0 Å². The summed E-state index contributed by atoms with van der Waals surface area (Å²) < 4.78 is 5.26. The van der Waals surface area contributed by atoms with Gasteiger partial charge in [-0.25, -0.2) is 4.98 Å². The number of aromatic amines is 1. The van der Waals surface area contributed by atoms with Gasteiger partial charge in [0.25, 0.3) is 0 Å². The normalized spacial score (nSPS) is 17.0. The smallest absolute Gasteiger partial charge is 0.0921 e. The summed E-state index contributed by atoms with van der Waals surface area (Å²) in [4.78, 5) is 10.2. The van der Waals surface area contributed by atoms with Crippen molar-refractivity contribution in [1.82, 2.24) is 14.9 Å². The van der Waals surface area contributed by atoms with Crippen molar-refractivity contribution in [2.24, 2.45) is 0 Å². The average molecular weight is 211 g/mol. The summed E-state index contributed by atoms with van der Waals surface area (Å²) in [5, 5.41) is 0. The van der Waals surface area contributed by atoms with Crippen LogP contribution in [0.15, 0.2) is 12.5 Å². The predicted molar refractivity (Wildman–Crippen MR) is 57.3 cm³/mol. The Labute approximate surface area is 88.3 Å². The molecule has 1 N–H and O–H groups in total. The Kier molecular flexibility index (Phi) is 3.10. The van der Waals surface area contributed by atoms with Crippen molar-refractivity contribution < 1.29 is 4.74 Å². The fraction of sp³-hybridized carbons (Fsp3) is 0.556. The van der Waals surface area contributed by atoms with Crippen LogP contribution in [0.25, 0.3) is 0 Å². The SMILES string of the molecule is S=C(Cc1cnc[nH]1)N1CCOCC1. The first-order chi connectivity index (χ1) is 6.86. The Bertz CT molecular complexity index is 293. The van der Waals surface area contributed by atoms with E-state index in [2.05, 4.69) is 14.9 Å². The van der Waals surface area contributed by atoms with Gasteiger partial charge in [0.15, 0.2) is 0 Å². The van der Waals surface area contributed by atoms with Crippen LogP contribution >= 0.6 is 12.2 Å². The van der Waals surface area contributed by atoms with E-state index >= 15 is 0 Å². The molecule has 0 saturated carbocycles. The average Bonchev–Trinajstić information content (AvgIpc) is 2.72. The molecule has 2 rings (SSSR count). The van der Waals surface area contributed by atoms with Crippen molar-refractivity contribution in [2.75, 3.05) is 26.3 Å². The molecule has 4 nitrogen and oxygen atoms in total. The van der Waals surface area contributed by atoms with Crippen LogP contribution in [0.4, 0.5) is 0 Å². The molecular formula is C9H13N3OS. The van der Waals surface area contributed by atoms with E-state index in [0.29, 0.717) is 0 Å². The van der Waals surface area contributed by atoms with E-state index < -0.39 is 0 Å². The predicted octanol–water partition coefficient (Wildman–Crippen LogP) is 0.612. The van der Waals surface area contributed by atoms with Crippen LogP contribution in [-0.2, 0) is 11.2 Å². The second kappa shape index (κ2) is 4.52. The van der Waals surface area contributed by atoms with Crippen LogP contribution < -0.4 is 0 Å². The number of aromatic nitrogens is 2. The molecule has 0 aliphatic carbocycles. The zero-order valence-electron chi connectivity index (χ0n) is 7.90. The summed E-state index contributed by atoms with van der Waals surface area (Å²) in [6.45, 7) is 3.38. The maximum Gasteiger partial charge on any atom is 0.0921 e. The van der Waals surface area contributed by atoms with Crippen LogP contribution in [0.1, 0.15) is 5.69 Å². The van der Waals surface area contributed by atoms with Crippen molar-refractivity contribution in [2.45, 2.75) is 6.42 Å². The fourth-order valence-corrected chi connectivity index (χ4v) is 1.81. The number of H-pyrrole nitrogens is 1. The number of nitrogens with one attached hydrogen (secondary N) is 1. The zero-order valence-corrected chi connectivity index (χ0v) is 8.72. The second-order valence-electron chi connectivity index (χ2n) is 3.25. The molecule has 0 atom stereocenters. The molecule has 1 aliphatic rings. The van der Waals surface area contributed by atoms with E-state index in [1.807, 2.05) is 6.20 Å².